The lowest BCUT2D eigenvalue weighted by Gasteiger charge is -2.28. The van der Waals surface area contributed by atoms with E-state index in [2.05, 4.69) is 10.3 Å². The number of hydrogen-bond donors (Lipinski definition) is 1. The lowest BCUT2D eigenvalue weighted by Crippen LogP contribution is -2.49. The Labute approximate surface area is 193 Å². The average Bonchev–Trinajstić information content (AvgIpc) is 3.20. The molecule has 2 fully saturated rings. The highest BCUT2D eigenvalue weighted by Crippen LogP contribution is 2.52. The van der Waals surface area contributed by atoms with Gasteiger partial charge in [-0.2, -0.15) is 0 Å². The minimum absolute atomic E-state index is 0.0107. The fourth-order valence-corrected chi connectivity index (χ4v) is 4.56. The van der Waals surface area contributed by atoms with Crippen LogP contribution in [-0.2, 0) is 9.53 Å². The summed E-state index contributed by atoms with van der Waals surface area (Å²) in [7, 11) is 0. The summed E-state index contributed by atoms with van der Waals surface area (Å²) in [6, 6.07) is 7.66. The largest absolute Gasteiger partial charge is 0.489 e. The van der Waals surface area contributed by atoms with Crippen LogP contribution in [0.3, 0.4) is 0 Å². The molecule has 1 saturated carbocycles. The standard InChI is InChI=1S/C24H30ClN3O4/c1-23(2,3)32-22(30)28-11-16-17(12-28)19(16)21(29)27-24(4,5)13-31-18-10-26-20(25)15-9-7-6-8-14(15)18/h6-10,16-17,19H,11-13H2,1-5H3,(H,27,29). The number of hydrogen-bond acceptors (Lipinski definition) is 5. The van der Waals surface area contributed by atoms with Crippen molar-refractivity contribution in [1.29, 1.82) is 0 Å². The highest BCUT2D eigenvalue weighted by atomic mass is 35.5. The maximum absolute atomic E-state index is 12.9. The zero-order chi connectivity index (χ0) is 23.3. The van der Waals surface area contributed by atoms with Crippen molar-refractivity contribution in [3.05, 3.63) is 35.6 Å². The number of pyridine rings is 1. The Morgan fingerprint density at radius 1 is 1.12 bits per heavy atom. The number of benzene rings is 1. The second kappa shape index (κ2) is 8.10. The fourth-order valence-electron chi connectivity index (χ4n) is 4.35. The van der Waals surface area contributed by atoms with E-state index in [4.69, 9.17) is 21.1 Å². The molecule has 0 radical (unpaired) electrons. The molecule has 2 heterocycles. The van der Waals surface area contributed by atoms with Gasteiger partial charge in [0.2, 0.25) is 5.91 Å². The first kappa shape index (κ1) is 22.6. The Kier molecular flexibility index (Phi) is 5.74. The first-order valence-electron chi connectivity index (χ1n) is 10.9. The van der Waals surface area contributed by atoms with E-state index in [0.717, 1.165) is 10.8 Å². The monoisotopic (exact) mass is 459 g/mol. The summed E-state index contributed by atoms with van der Waals surface area (Å²) < 4.78 is 11.5. The normalized spacial score (nSPS) is 22.4. The minimum atomic E-state index is -0.570. The summed E-state index contributed by atoms with van der Waals surface area (Å²) in [4.78, 5) is 31.0. The van der Waals surface area contributed by atoms with Gasteiger partial charge in [-0.15, -0.1) is 0 Å². The molecule has 2 atom stereocenters. The Bertz CT molecular complexity index is 1040. The lowest BCUT2D eigenvalue weighted by atomic mass is 10.1. The van der Waals surface area contributed by atoms with Gasteiger partial charge in [-0.25, -0.2) is 9.78 Å². The molecule has 2 unspecified atom stereocenters. The number of ether oxygens (including phenoxy) is 2. The molecule has 1 saturated heterocycles. The number of carbonyl (C=O) groups is 2. The lowest BCUT2D eigenvalue weighted by molar-refractivity contribution is -0.125. The van der Waals surface area contributed by atoms with Crippen molar-refractivity contribution >= 4 is 34.4 Å². The first-order chi connectivity index (χ1) is 15.0. The number of amides is 2. The molecule has 1 aliphatic heterocycles. The molecular formula is C24H30ClN3O4. The molecule has 2 amide bonds. The van der Waals surface area contributed by atoms with Crippen LogP contribution in [0.5, 0.6) is 5.75 Å². The smallest absolute Gasteiger partial charge is 0.410 e. The summed E-state index contributed by atoms with van der Waals surface area (Å²) in [5.74, 6) is 0.971. The topological polar surface area (TPSA) is 80.8 Å². The number of fused-ring (bicyclic) bond motifs is 2. The highest BCUT2D eigenvalue weighted by Gasteiger charge is 2.61. The molecule has 4 rings (SSSR count). The van der Waals surface area contributed by atoms with Gasteiger partial charge in [0.25, 0.3) is 0 Å². The summed E-state index contributed by atoms with van der Waals surface area (Å²) in [6.45, 7) is 10.8. The van der Waals surface area contributed by atoms with Crippen LogP contribution in [0.15, 0.2) is 30.5 Å². The van der Waals surface area contributed by atoms with Gasteiger partial charge in [-0.1, -0.05) is 35.9 Å². The van der Waals surface area contributed by atoms with Crippen LogP contribution in [0.4, 0.5) is 4.79 Å². The van der Waals surface area contributed by atoms with Gasteiger partial charge in [-0.05, 0) is 46.5 Å². The summed E-state index contributed by atoms with van der Waals surface area (Å²) in [6.07, 6.45) is 1.31. The van der Waals surface area contributed by atoms with Crippen molar-refractivity contribution in [2.45, 2.75) is 45.8 Å². The minimum Gasteiger partial charge on any atom is -0.489 e. The van der Waals surface area contributed by atoms with Gasteiger partial charge in [0, 0.05) is 29.8 Å². The molecule has 172 valence electrons. The number of nitrogens with one attached hydrogen (secondary N) is 1. The third-order valence-corrected chi connectivity index (χ3v) is 6.21. The zero-order valence-corrected chi connectivity index (χ0v) is 19.9. The molecule has 0 bridgehead atoms. The second-order valence-electron chi connectivity index (χ2n) is 10.4. The molecule has 8 heteroatoms. The summed E-state index contributed by atoms with van der Waals surface area (Å²) in [5.41, 5.74) is -1.09. The van der Waals surface area contributed by atoms with Crippen LogP contribution in [0.2, 0.25) is 5.15 Å². The van der Waals surface area contributed by atoms with Crippen LogP contribution in [0, 0.1) is 17.8 Å². The molecule has 1 aromatic heterocycles. The first-order valence-corrected chi connectivity index (χ1v) is 11.3. The van der Waals surface area contributed by atoms with Gasteiger partial charge in [0.15, 0.2) is 0 Å². The van der Waals surface area contributed by atoms with Gasteiger partial charge < -0.3 is 19.7 Å². The van der Waals surface area contributed by atoms with E-state index in [0.29, 0.717) is 24.0 Å². The number of likely N-dealkylation sites (tertiary alicyclic amines) is 1. The SMILES string of the molecule is CC(C)(COc1cnc(Cl)c2ccccc12)NC(=O)C1C2CN(C(=O)OC(C)(C)C)CC21. The number of aromatic nitrogens is 1. The van der Waals surface area contributed by atoms with Crippen LogP contribution < -0.4 is 10.1 Å². The van der Waals surface area contributed by atoms with Crippen LogP contribution >= 0.6 is 11.6 Å². The van der Waals surface area contributed by atoms with Crippen molar-refractivity contribution in [1.82, 2.24) is 15.2 Å². The van der Waals surface area contributed by atoms with E-state index in [1.165, 1.54) is 0 Å². The summed E-state index contributed by atoms with van der Waals surface area (Å²) in [5, 5.41) is 5.26. The van der Waals surface area contributed by atoms with Crippen molar-refractivity contribution < 1.29 is 19.1 Å². The molecule has 2 aliphatic rings. The van der Waals surface area contributed by atoms with Crippen LogP contribution in [-0.4, -0.2) is 52.7 Å². The highest BCUT2D eigenvalue weighted by molar-refractivity contribution is 6.34. The molecule has 7 nitrogen and oxygen atoms in total. The van der Waals surface area contributed by atoms with Crippen LogP contribution in [0.1, 0.15) is 34.6 Å². The predicted molar refractivity (Wildman–Crippen MR) is 123 cm³/mol. The Morgan fingerprint density at radius 2 is 1.75 bits per heavy atom. The van der Waals surface area contributed by atoms with Crippen molar-refractivity contribution in [3.8, 4) is 5.75 Å². The number of carbonyl (C=O) groups excluding carboxylic acids is 2. The molecule has 1 aliphatic carbocycles. The molecule has 2 aromatic rings. The second-order valence-corrected chi connectivity index (χ2v) is 10.7. The average molecular weight is 460 g/mol. The van der Waals surface area contributed by atoms with E-state index in [1.54, 1.807) is 11.1 Å². The van der Waals surface area contributed by atoms with E-state index in [9.17, 15) is 9.59 Å². The number of nitrogens with zero attached hydrogens (tertiary/aromatic N) is 2. The van der Waals surface area contributed by atoms with Crippen molar-refractivity contribution in [2.24, 2.45) is 17.8 Å². The van der Waals surface area contributed by atoms with E-state index in [-0.39, 0.29) is 36.4 Å². The van der Waals surface area contributed by atoms with Crippen LogP contribution in [0.25, 0.3) is 10.8 Å². The number of halogens is 1. The van der Waals surface area contributed by atoms with E-state index < -0.39 is 11.1 Å². The maximum atomic E-state index is 12.9. The van der Waals surface area contributed by atoms with Gasteiger partial charge in [0.1, 0.15) is 23.1 Å². The van der Waals surface area contributed by atoms with E-state index in [1.807, 2.05) is 58.9 Å². The Hall–Kier alpha value is -2.54. The predicted octanol–water partition coefficient (Wildman–Crippen LogP) is 4.27. The Morgan fingerprint density at radius 3 is 2.38 bits per heavy atom. The number of piperidine rings is 1. The molecule has 1 aromatic carbocycles. The quantitative estimate of drug-likeness (QED) is 0.675. The third-order valence-electron chi connectivity index (χ3n) is 5.91. The van der Waals surface area contributed by atoms with E-state index >= 15 is 0 Å². The fraction of sp³-hybridized carbons (Fsp3) is 0.542. The molecular weight excluding hydrogens is 430 g/mol. The molecule has 32 heavy (non-hydrogen) atoms. The van der Waals surface area contributed by atoms with Gasteiger partial charge in [-0.3, -0.25) is 4.79 Å². The summed E-state index contributed by atoms with van der Waals surface area (Å²) >= 11 is 6.18. The maximum Gasteiger partial charge on any atom is 0.410 e. The van der Waals surface area contributed by atoms with Crippen molar-refractivity contribution in [2.75, 3.05) is 19.7 Å². The van der Waals surface area contributed by atoms with Gasteiger partial charge >= 0.3 is 6.09 Å². The van der Waals surface area contributed by atoms with Crippen molar-refractivity contribution in [3.63, 3.8) is 0 Å². The molecule has 1 N–H and O–H groups in total. The number of rotatable bonds is 5. The van der Waals surface area contributed by atoms with Gasteiger partial charge in [0.05, 0.1) is 11.7 Å². The Balaban J connectivity index is 1.31. The zero-order valence-electron chi connectivity index (χ0n) is 19.1. The molecule has 0 spiro atoms. The third kappa shape index (κ3) is 4.77.